The van der Waals surface area contributed by atoms with Gasteiger partial charge < -0.3 is 30.2 Å². The number of benzene rings is 1. The van der Waals surface area contributed by atoms with E-state index in [-0.39, 0.29) is 32.1 Å². The van der Waals surface area contributed by atoms with Crippen LogP contribution in [0, 0.1) is 0 Å². The second-order valence-electron chi connectivity index (χ2n) is 5.36. The van der Waals surface area contributed by atoms with Gasteiger partial charge in [-0.15, -0.1) is 0 Å². The molecule has 0 bridgehead atoms. The number of aliphatic hydroxyl groups is 2. The SMILES string of the molecule is CCOC(=O)c1[nH]c2ccccc2c1NC(=O)N(CCO)CCCO. The van der Waals surface area contributed by atoms with Gasteiger partial charge in [-0.3, -0.25) is 0 Å². The molecule has 0 radical (unpaired) electrons. The van der Waals surface area contributed by atoms with Gasteiger partial charge >= 0.3 is 12.0 Å². The van der Waals surface area contributed by atoms with Crippen LogP contribution in [-0.4, -0.2) is 65.0 Å². The molecule has 136 valence electrons. The van der Waals surface area contributed by atoms with E-state index in [0.717, 1.165) is 0 Å². The molecule has 0 atom stereocenters. The molecule has 0 aliphatic carbocycles. The zero-order chi connectivity index (χ0) is 18.2. The summed E-state index contributed by atoms with van der Waals surface area (Å²) in [5.74, 6) is -0.557. The highest BCUT2D eigenvalue weighted by Gasteiger charge is 2.22. The number of carbonyl (C=O) groups excluding carboxylic acids is 2. The Balaban J connectivity index is 2.32. The lowest BCUT2D eigenvalue weighted by Gasteiger charge is -2.22. The Morgan fingerprint density at radius 3 is 2.64 bits per heavy atom. The maximum absolute atomic E-state index is 12.5. The molecule has 0 aliphatic heterocycles. The van der Waals surface area contributed by atoms with Gasteiger partial charge in [-0.2, -0.15) is 0 Å². The second kappa shape index (κ2) is 9.05. The van der Waals surface area contributed by atoms with Crippen LogP contribution >= 0.6 is 0 Å². The summed E-state index contributed by atoms with van der Waals surface area (Å²) in [6.45, 7) is 2.09. The highest BCUT2D eigenvalue weighted by atomic mass is 16.5. The molecule has 0 saturated carbocycles. The summed E-state index contributed by atoms with van der Waals surface area (Å²) in [4.78, 5) is 29.1. The van der Waals surface area contributed by atoms with Crippen molar-refractivity contribution in [2.75, 3.05) is 38.2 Å². The molecule has 25 heavy (non-hydrogen) atoms. The Bertz CT molecular complexity index is 728. The van der Waals surface area contributed by atoms with Gasteiger partial charge in [0.1, 0.15) is 5.69 Å². The van der Waals surface area contributed by atoms with Gasteiger partial charge in [0.05, 0.1) is 18.9 Å². The molecule has 8 heteroatoms. The van der Waals surface area contributed by atoms with Gasteiger partial charge in [-0.1, -0.05) is 18.2 Å². The normalized spacial score (nSPS) is 10.7. The first-order valence-electron chi connectivity index (χ1n) is 8.17. The molecule has 4 N–H and O–H groups in total. The molecule has 2 aromatic rings. The zero-order valence-corrected chi connectivity index (χ0v) is 14.1. The first-order chi connectivity index (χ1) is 12.1. The van der Waals surface area contributed by atoms with Crippen molar-refractivity contribution in [2.24, 2.45) is 0 Å². The van der Waals surface area contributed by atoms with E-state index in [0.29, 0.717) is 29.6 Å². The fourth-order valence-electron chi connectivity index (χ4n) is 2.51. The standard InChI is InChI=1S/C17H23N3O5/c1-2-25-16(23)15-14(12-6-3-4-7-13(12)18-15)19-17(24)20(9-11-22)8-5-10-21/h3-4,6-7,18,21-22H,2,5,8-11H2,1H3,(H,19,24). The van der Waals surface area contributed by atoms with Gasteiger partial charge in [0.2, 0.25) is 0 Å². The van der Waals surface area contributed by atoms with Crippen molar-refractivity contribution < 1.29 is 24.5 Å². The van der Waals surface area contributed by atoms with Gasteiger partial charge in [-0.05, 0) is 19.4 Å². The quantitative estimate of drug-likeness (QED) is 0.540. The van der Waals surface area contributed by atoms with Crippen LogP contribution in [0.4, 0.5) is 10.5 Å². The van der Waals surface area contributed by atoms with E-state index in [1.54, 1.807) is 25.1 Å². The minimum absolute atomic E-state index is 0.0592. The highest BCUT2D eigenvalue weighted by molar-refractivity contribution is 6.10. The largest absolute Gasteiger partial charge is 0.461 e. The van der Waals surface area contributed by atoms with E-state index in [4.69, 9.17) is 14.9 Å². The molecular weight excluding hydrogens is 326 g/mol. The van der Waals surface area contributed by atoms with Crippen molar-refractivity contribution in [2.45, 2.75) is 13.3 Å². The number of carbonyl (C=O) groups is 2. The predicted molar refractivity (Wildman–Crippen MR) is 93.6 cm³/mol. The average Bonchev–Trinajstić information content (AvgIpc) is 2.97. The molecule has 0 aliphatic rings. The Morgan fingerprint density at radius 1 is 1.20 bits per heavy atom. The van der Waals surface area contributed by atoms with Crippen molar-refractivity contribution >= 4 is 28.6 Å². The number of hydrogen-bond acceptors (Lipinski definition) is 5. The summed E-state index contributed by atoms with van der Waals surface area (Å²) in [7, 11) is 0. The average molecular weight is 349 g/mol. The van der Waals surface area contributed by atoms with Gasteiger partial charge in [0.25, 0.3) is 0 Å². The third-order valence-corrected chi connectivity index (χ3v) is 3.66. The van der Waals surface area contributed by atoms with Crippen molar-refractivity contribution in [1.82, 2.24) is 9.88 Å². The molecule has 1 aromatic carbocycles. The van der Waals surface area contributed by atoms with Gasteiger partial charge in [-0.25, -0.2) is 9.59 Å². The number of anilines is 1. The number of H-pyrrole nitrogens is 1. The molecule has 0 unspecified atom stereocenters. The smallest absolute Gasteiger partial charge is 0.356 e. The summed E-state index contributed by atoms with van der Waals surface area (Å²) >= 11 is 0. The number of nitrogens with zero attached hydrogens (tertiary/aromatic N) is 1. The number of ether oxygens (including phenoxy) is 1. The maximum Gasteiger partial charge on any atom is 0.356 e. The van der Waals surface area contributed by atoms with E-state index in [1.807, 2.05) is 6.07 Å². The molecule has 8 nitrogen and oxygen atoms in total. The number of esters is 1. The molecule has 0 saturated heterocycles. The van der Waals surface area contributed by atoms with E-state index in [9.17, 15) is 9.59 Å². The van der Waals surface area contributed by atoms with Crippen LogP contribution in [0.3, 0.4) is 0 Å². The number of amides is 2. The Morgan fingerprint density at radius 2 is 1.96 bits per heavy atom. The molecular formula is C17H23N3O5. The Labute approximate surface area is 145 Å². The van der Waals surface area contributed by atoms with Crippen LogP contribution < -0.4 is 5.32 Å². The monoisotopic (exact) mass is 349 g/mol. The van der Waals surface area contributed by atoms with Crippen LogP contribution in [0.1, 0.15) is 23.8 Å². The van der Waals surface area contributed by atoms with Crippen LogP contribution in [0.15, 0.2) is 24.3 Å². The van der Waals surface area contributed by atoms with Crippen molar-refractivity contribution in [3.05, 3.63) is 30.0 Å². The third-order valence-electron chi connectivity index (χ3n) is 3.66. The van der Waals surface area contributed by atoms with E-state index in [2.05, 4.69) is 10.3 Å². The predicted octanol–water partition coefficient (Wildman–Crippen LogP) is 1.55. The van der Waals surface area contributed by atoms with Crippen LogP contribution in [0.25, 0.3) is 10.9 Å². The summed E-state index contributed by atoms with van der Waals surface area (Å²) in [6.07, 6.45) is 0.395. The van der Waals surface area contributed by atoms with Gasteiger partial charge in [0, 0.05) is 30.6 Å². The van der Waals surface area contributed by atoms with Crippen molar-refractivity contribution in [3.63, 3.8) is 0 Å². The lowest BCUT2D eigenvalue weighted by Crippen LogP contribution is -2.38. The van der Waals surface area contributed by atoms with Crippen LogP contribution in [0.5, 0.6) is 0 Å². The van der Waals surface area contributed by atoms with Crippen molar-refractivity contribution in [3.8, 4) is 0 Å². The summed E-state index contributed by atoms with van der Waals surface area (Å²) in [5.41, 5.74) is 1.21. The minimum Gasteiger partial charge on any atom is -0.461 e. The molecule has 2 amide bonds. The summed E-state index contributed by atoms with van der Waals surface area (Å²) in [6, 6.07) is 6.74. The second-order valence-corrected chi connectivity index (χ2v) is 5.36. The number of para-hydroxylation sites is 1. The number of rotatable bonds is 8. The highest BCUT2D eigenvalue weighted by Crippen LogP contribution is 2.28. The third kappa shape index (κ3) is 4.49. The Hall–Kier alpha value is -2.58. The fourth-order valence-corrected chi connectivity index (χ4v) is 2.51. The summed E-state index contributed by atoms with van der Waals surface area (Å²) in [5, 5.41) is 21.5. The number of aromatic amines is 1. The molecule has 0 spiro atoms. The van der Waals surface area contributed by atoms with E-state index in [1.165, 1.54) is 4.90 Å². The molecule has 0 fully saturated rings. The van der Waals surface area contributed by atoms with Crippen LogP contribution in [0.2, 0.25) is 0 Å². The Kier molecular flexibility index (Phi) is 6.79. The fraction of sp³-hybridized carbons (Fsp3) is 0.412. The molecule has 1 heterocycles. The number of hydrogen-bond donors (Lipinski definition) is 4. The number of nitrogens with one attached hydrogen (secondary N) is 2. The number of fused-ring (bicyclic) bond motifs is 1. The zero-order valence-electron chi connectivity index (χ0n) is 14.1. The number of aromatic nitrogens is 1. The van der Waals surface area contributed by atoms with Gasteiger partial charge in [0.15, 0.2) is 0 Å². The van der Waals surface area contributed by atoms with Crippen molar-refractivity contribution in [1.29, 1.82) is 0 Å². The lowest BCUT2D eigenvalue weighted by molar-refractivity contribution is 0.0522. The minimum atomic E-state index is -0.557. The van der Waals surface area contributed by atoms with E-state index >= 15 is 0 Å². The first-order valence-corrected chi connectivity index (χ1v) is 8.17. The maximum atomic E-state index is 12.5. The number of aliphatic hydroxyl groups excluding tert-OH is 2. The van der Waals surface area contributed by atoms with E-state index < -0.39 is 12.0 Å². The molecule has 2 rings (SSSR count). The first kappa shape index (κ1) is 18.8. The lowest BCUT2D eigenvalue weighted by atomic mass is 10.2. The van der Waals surface area contributed by atoms with Crippen LogP contribution in [-0.2, 0) is 4.74 Å². The number of urea groups is 1. The molecule has 1 aromatic heterocycles. The summed E-state index contributed by atoms with van der Waals surface area (Å²) < 4.78 is 5.04. The topological polar surface area (TPSA) is 115 Å².